The van der Waals surface area contributed by atoms with Crippen LogP contribution in [0.3, 0.4) is 0 Å². The SMILES string of the molecule is CCOC(=O)C1CCCCC1N. The molecule has 3 nitrogen and oxygen atoms in total. The molecule has 0 aromatic carbocycles. The van der Waals surface area contributed by atoms with Gasteiger partial charge < -0.3 is 10.5 Å². The topological polar surface area (TPSA) is 52.3 Å². The molecule has 12 heavy (non-hydrogen) atoms. The molecule has 0 bridgehead atoms. The van der Waals surface area contributed by atoms with Gasteiger partial charge in [0.05, 0.1) is 12.5 Å². The van der Waals surface area contributed by atoms with Gasteiger partial charge in [-0.15, -0.1) is 0 Å². The van der Waals surface area contributed by atoms with Crippen molar-refractivity contribution in [3.63, 3.8) is 0 Å². The Bertz CT molecular complexity index is 159. The second kappa shape index (κ2) is 4.45. The van der Waals surface area contributed by atoms with Gasteiger partial charge in [-0.2, -0.15) is 0 Å². The van der Waals surface area contributed by atoms with E-state index in [9.17, 15) is 4.79 Å². The van der Waals surface area contributed by atoms with Crippen LogP contribution in [0.25, 0.3) is 0 Å². The summed E-state index contributed by atoms with van der Waals surface area (Å²) in [5.74, 6) is -0.150. The van der Waals surface area contributed by atoms with Gasteiger partial charge in [0.2, 0.25) is 0 Å². The van der Waals surface area contributed by atoms with Crippen LogP contribution in [0, 0.1) is 5.92 Å². The molecule has 1 fully saturated rings. The highest BCUT2D eigenvalue weighted by Gasteiger charge is 2.28. The first kappa shape index (κ1) is 9.52. The molecule has 2 N–H and O–H groups in total. The fourth-order valence-corrected chi connectivity index (χ4v) is 1.70. The first-order valence-corrected chi connectivity index (χ1v) is 4.68. The molecule has 0 heterocycles. The van der Waals surface area contributed by atoms with Crippen LogP contribution in [0.5, 0.6) is 0 Å². The van der Waals surface area contributed by atoms with E-state index in [4.69, 9.17) is 10.5 Å². The lowest BCUT2D eigenvalue weighted by atomic mass is 9.85. The van der Waals surface area contributed by atoms with Gasteiger partial charge in [0.25, 0.3) is 0 Å². The predicted molar refractivity (Wildman–Crippen MR) is 46.6 cm³/mol. The van der Waals surface area contributed by atoms with E-state index in [2.05, 4.69) is 0 Å². The van der Waals surface area contributed by atoms with Crippen molar-refractivity contribution in [2.75, 3.05) is 6.61 Å². The monoisotopic (exact) mass is 171 g/mol. The fourth-order valence-electron chi connectivity index (χ4n) is 1.70. The molecule has 0 spiro atoms. The fraction of sp³-hybridized carbons (Fsp3) is 0.889. The van der Waals surface area contributed by atoms with Gasteiger partial charge in [0, 0.05) is 6.04 Å². The molecule has 0 aliphatic heterocycles. The summed E-state index contributed by atoms with van der Waals surface area (Å²) in [5, 5.41) is 0. The van der Waals surface area contributed by atoms with Crippen LogP contribution in [0.1, 0.15) is 32.6 Å². The smallest absolute Gasteiger partial charge is 0.310 e. The number of hydrogen-bond donors (Lipinski definition) is 1. The molecule has 1 rings (SSSR count). The Balaban J connectivity index is 2.42. The maximum Gasteiger partial charge on any atom is 0.310 e. The summed E-state index contributed by atoms with van der Waals surface area (Å²) in [4.78, 5) is 11.3. The molecule has 2 unspecified atom stereocenters. The van der Waals surface area contributed by atoms with E-state index >= 15 is 0 Å². The van der Waals surface area contributed by atoms with Crippen molar-refractivity contribution in [3.05, 3.63) is 0 Å². The van der Waals surface area contributed by atoms with Crippen molar-refractivity contribution in [2.45, 2.75) is 38.6 Å². The normalized spacial score (nSPS) is 29.8. The number of nitrogens with two attached hydrogens (primary N) is 1. The third kappa shape index (κ3) is 2.21. The molecule has 70 valence electrons. The lowest BCUT2D eigenvalue weighted by Gasteiger charge is -2.26. The maximum atomic E-state index is 11.3. The summed E-state index contributed by atoms with van der Waals surface area (Å²) in [6.07, 6.45) is 4.12. The summed E-state index contributed by atoms with van der Waals surface area (Å²) < 4.78 is 4.93. The number of ether oxygens (including phenoxy) is 1. The van der Waals surface area contributed by atoms with Crippen LogP contribution in [0.15, 0.2) is 0 Å². The van der Waals surface area contributed by atoms with Gasteiger partial charge in [-0.1, -0.05) is 12.8 Å². The zero-order chi connectivity index (χ0) is 8.97. The van der Waals surface area contributed by atoms with Crippen molar-refractivity contribution in [1.82, 2.24) is 0 Å². The lowest BCUT2D eigenvalue weighted by molar-refractivity contribution is -0.149. The highest BCUT2D eigenvalue weighted by atomic mass is 16.5. The second-order valence-corrected chi connectivity index (χ2v) is 3.31. The summed E-state index contributed by atoms with van der Waals surface area (Å²) in [6, 6.07) is 0.0257. The molecule has 0 radical (unpaired) electrons. The van der Waals surface area contributed by atoms with Crippen molar-refractivity contribution in [3.8, 4) is 0 Å². The van der Waals surface area contributed by atoms with E-state index < -0.39 is 0 Å². The van der Waals surface area contributed by atoms with Crippen molar-refractivity contribution in [2.24, 2.45) is 11.7 Å². The van der Waals surface area contributed by atoms with Crippen molar-refractivity contribution < 1.29 is 9.53 Å². The van der Waals surface area contributed by atoms with E-state index in [0.29, 0.717) is 6.61 Å². The summed E-state index contributed by atoms with van der Waals surface area (Å²) in [5.41, 5.74) is 5.81. The molecule has 0 aromatic heterocycles. The lowest BCUT2D eigenvalue weighted by Crippen LogP contribution is -2.38. The van der Waals surface area contributed by atoms with Gasteiger partial charge in [-0.3, -0.25) is 4.79 Å². The van der Waals surface area contributed by atoms with Crippen LogP contribution in [-0.2, 0) is 9.53 Å². The molecule has 0 aromatic rings. The largest absolute Gasteiger partial charge is 0.466 e. The van der Waals surface area contributed by atoms with E-state index in [1.165, 1.54) is 0 Å². The average Bonchev–Trinajstić information content (AvgIpc) is 2.05. The van der Waals surface area contributed by atoms with Crippen molar-refractivity contribution in [1.29, 1.82) is 0 Å². The molecule has 2 atom stereocenters. The Morgan fingerprint density at radius 1 is 1.50 bits per heavy atom. The van der Waals surface area contributed by atoms with E-state index in [-0.39, 0.29) is 17.9 Å². The van der Waals surface area contributed by atoms with Crippen LogP contribution in [0.4, 0.5) is 0 Å². The summed E-state index contributed by atoms with van der Waals surface area (Å²) >= 11 is 0. The Labute approximate surface area is 73.3 Å². The van der Waals surface area contributed by atoms with Crippen LogP contribution in [-0.4, -0.2) is 18.6 Å². The average molecular weight is 171 g/mol. The molecule has 1 saturated carbocycles. The molecule has 0 saturated heterocycles. The minimum Gasteiger partial charge on any atom is -0.466 e. The standard InChI is InChI=1S/C9H17NO2/c1-2-12-9(11)7-5-3-4-6-8(7)10/h7-8H,2-6,10H2,1H3. The van der Waals surface area contributed by atoms with Crippen LogP contribution >= 0.6 is 0 Å². The van der Waals surface area contributed by atoms with Gasteiger partial charge in [-0.05, 0) is 19.8 Å². The van der Waals surface area contributed by atoms with E-state index in [1.807, 2.05) is 6.92 Å². The minimum absolute atomic E-state index is 0.0257. The zero-order valence-electron chi connectivity index (χ0n) is 7.58. The molecular formula is C9H17NO2. The number of esters is 1. The quantitative estimate of drug-likeness (QED) is 0.632. The first-order chi connectivity index (χ1) is 5.75. The van der Waals surface area contributed by atoms with Gasteiger partial charge in [0.15, 0.2) is 0 Å². The van der Waals surface area contributed by atoms with Gasteiger partial charge in [0.1, 0.15) is 0 Å². The first-order valence-electron chi connectivity index (χ1n) is 4.68. The molecule has 0 amide bonds. The Morgan fingerprint density at radius 3 is 2.75 bits per heavy atom. The van der Waals surface area contributed by atoms with E-state index in [1.54, 1.807) is 0 Å². The predicted octanol–water partition coefficient (Wildman–Crippen LogP) is 1.07. The minimum atomic E-state index is -0.107. The molecule has 1 aliphatic carbocycles. The highest BCUT2D eigenvalue weighted by molar-refractivity contribution is 5.73. The maximum absolute atomic E-state index is 11.3. The third-order valence-electron chi connectivity index (χ3n) is 2.41. The second-order valence-electron chi connectivity index (χ2n) is 3.31. The Kier molecular flexibility index (Phi) is 3.53. The third-order valence-corrected chi connectivity index (χ3v) is 2.41. The van der Waals surface area contributed by atoms with Crippen LogP contribution in [0.2, 0.25) is 0 Å². The number of carbonyl (C=O) groups is 1. The summed E-state index contributed by atoms with van der Waals surface area (Å²) in [6.45, 7) is 2.29. The number of hydrogen-bond acceptors (Lipinski definition) is 3. The molecule has 3 heteroatoms. The molecule has 1 aliphatic rings. The van der Waals surface area contributed by atoms with Crippen LogP contribution < -0.4 is 5.73 Å². The molecular weight excluding hydrogens is 154 g/mol. The zero-order valence-corrected chi connectivity index (χ0v) is 7.58. The highest BCUT2D eigenvalue weighted by Crippen LogP contribution is 2.23. The Morgan fingerprint density at radius 2 is 2.17 bits per heavy atom. The Hall–Kier alpha value is -0.570. The van der Waals surface area contributed by atoms with Gasteiger partial charge >= 0.3 is 5.97 Å². The number of rotatable bonds is 2. The summed E-state index contributed by atoms with van der Waals surface area (Å²) in [7, 11) is 0. The number of carbonyl (C=O) groups excluding carboxylic acids is 1. The van der Waals surface area contributed by atoms with Crippen molar-refractivity contribution >= 4 is 5.97 Å². The van der Waals surface area contributed by atoms with Gasteiger partial charge in [-0.25, -0.2) is 0 Å². The van der Waals surface area contributed by atoms with E-state index in [0.717, 1.165) is 25.7 Å².